The van der Waals surface area contributed by atoms with E-state index in [1.165, 1.54) is 135 Å². The molecule has 0 aliphatic heterocycles. The summed E-state index contributed by atoms with van der Waals surface area (Å²) in [7, 11) is 1.15. The molecule has 0 spiro atoms. The van der Waals surface area contributed by atoms with Gasteiger partial charge in [0.2, 0.25) is 5.91 Å². The van der Waals surface area contributed by atoms with Crippen molar-refractivity contribution in [2.75, 3.05) is 40.9 Å². The molecule has 0 fully saturated rings. The number of allylic oxidation sites excluding steroid dienone is 15. The number of nitrogens with one attached hydrogen (secondary N) is 1. The van der Waals surface area contributed by atoms with Crippen LogP contribution in [0.15, 0.2) is 97.2 Å². The zero-order valence-electron chi connectivity index (χ0n) is 52.1. The van der Waals surface area contributed by atoms with Crippen LogP contribution in [-0.2, 0) is 27.9 Å². The van der Waals surface area contributed by atoms with Crippen molar-refractivity contribution in [3.05, 3.63) is 97.2 Å². The minimum absolute atomic E-state index is 0.0333. The molecule has 0 aromatic heterocycles. The van der Waals surface area contributed by atoms with Crippen molar-refractivity contribution in [2.45, 2.75) is 290 Å². The lowest BCUT2D eigenvalue weighted by Crippen LogP contribution is -2.47. The number of quaternary nitrogens is 1. The molecular formula is C69H123N2O7P. The van der Waals surface area contributed by atoms with Crippen molar-refractivity contribution < 1.29 is 37.3 Å². The van der Waals surface area contributed by atoms with Crippen LogP contribution in [0.25, 0.3) is 0 Å². The zero-order valence-corrected chi connectivity index (χ0v) is 52.9. The van der Waals surface area contributed by atoms with E-state index >= 15 is 0 Å². The molecule has 0 rings (SSSR count). The van der Waals surface area contributed by atoms with Gasteiger partial charge in [-0.1, -0.05) is 253 Å². The third kappa shape index (κ3) is 59.4. The smallest absolute Gasteiger partial charge is 0.306 e. The first-order valence-corrected chi connectivity index (χ1v) is 34.0. The van der Waals surface area contributed by atoms with Gasteiger partial charge in [0.1, 0.15) is 19.3 Å². The van der Waals surface area contributed by atoms with E-state index in [9.17, 15) is 19.0 Å². The minimum atomic E-state index is -4.72. The van der Waals surface area contributed by atoms with Crippen molar-refractivity contribution in [2.24, 2.45) is 0 Å². The lowest BCUT2D eigenvalue weighted by molar-refractivity contribution is -0.870. The first kappa shape index (κ1) is 75.9. The molecule has 0 saturated carbocycles. The molecule has 0 bridgehead atoms. The molecule has 1 amide bonds. The first-order chi connectivity index (χ1) is 38.4. The second kappa shape index (κ2) is 58.1. The fraction of sp³-hybridized carbons (Fsp3) is 0.739. The minimum Gasteiger partial charge on any atom is -0.756 e. The Morgan fingerprint density at radius 1 is 0.456 bits per heavy atom. The number of hydrogen-bond donors (Lipinski definition) is 1. The molecule has 0 saturated heterocycles. The summed E-state index contributed by atoms with van der Waals surface area (Å²) >= 11 is 0. The maximum Gasteiger partial charge on any atom is 0.306 e. The lowest BCUT2D eigenvalue weighted by Gasteiger charge is -2.30. The number of likely N-dealkylation sites (N-methyl/N-ethyl adjacent to an activating group) is 1. The summed E-state index contributed by atoms with van der Waals surface area (Å²) in [5.74, 6) is -0.581. The molecule has 9 nitrogen and oxygen atoms in total. The molecular weight excluding hydrogens is 1000 g/mol. The highest BCUT2D eigenvalue weighted by Crippen LogP contribution is 2.38. The molecule has 0 heterocycles. The van der Waals surface area contributed by atoms with E-state index in [-0.39, 0.29) is 31.3 Å². The molecule has 0 radical (unpaired) electrons. The largest absolute Gasteiger partial charge is 0.756 e. The summed E-state index contributed by atoms with van der Waals surface area (Å²) in [6.45, 7) is 6.69. The van der Waals surface area contributed by atoms with Crippen molar-refractivity contribution >= 4 is 19.7 Å². The average Bonchev–Trinajstić information content (AvgIpc) is 3.41. The van der Waals surface area contributed by atoms with E-state index in [0.717, 1.165) is 103 Å². The van der Waals surface area contributed by atoms with Crippen LogP contribution in [0, 0.1) is 0 Å². The third-order valence-electron chi connectivity index (χ3n) is 14.0. The molecule has 3 unspecified atom stereocenters. The Kier molecular flexibility index (Phi) is 55.9. The van der Waals surface area contributed by atoms with E-state index in [1.807, 2.05) is 33.3 Å². The maximum atomic E-state index is 13.5. The van der Waals surface area contributed by atoms with E-state index in [1.54, 1.807) is 0 Å². The molecule has 0 aromatic carbocycles. The third-order valence-corrected chi connectivity index (χ3v) is 15.0. The summed E-state index contributed by atoms with van der Waals surface area (Å²) in [6.07, 6.45) is 78.0. The lowest BCUT2D eigenvalue weighted by atomic mass is 10.0. The van der Waals surface area contributed by atoms with Gasteiger partial charge in [0.15, 0.2) is 0 Å². The fourth-order valence-corrected chi connectivity index (χ4v) is 9.71. The molecule has 1 N–H and O–H groups in total. The van der Waals surface area contributed by atoms with E-state index in [4.69, 9.17) is 13.8 Å². The van der Waals surface area contributed by atoms with Crippen LogP contribution in [0.5, 0.6) is 0 Å². The van der Waals surface area contributed by atoms with Gasteiger partial charge < -0.3 is 28.5 Å². The van der Waals surface area contributed by atoms with Gasteiger partial charge in [-0.15, -0.1) is 0 Å². The number of unbranched alkanes of at least 4 members (excludes halogenated alkanes) is 28. The number of phosphoric ester groups is 1. The van der Waals surface area contributed by atoms with Gasteiger partial charge in [-0.2, -0.15) is 0 Å². The maximum absolute atomic E-state index is 13.5. The molecule has 0 aliphatic carbocycles. The summed E-state index contributed by atoms with van der Waals surface area (Å²) in [5.41, 5.74) is 0. The Bertz CT molecular complexity index is 1670. The Balaban J connectivity index is 5.29. The van der Waals surface area contributed by atoms with Gasteiger partial charge >= 0.3 is 5.97 Å². The molecule has 0 aromatic rings. The van der Waals surface area contributed by atoms with Gasteiger partial charge in [0.25, 0.3) is 7.82 Å². The topological polar surface area (TPSA) is 114 Å². The molecule has 10 heteroatoms. The molecule has 79 heavy (non-hydrogen) atoms. The summed E-state index contributed by atoms with van der Waals surface area (Å²) in [4.78, 5) is 40.1. The fourth-order valence-electron chi connectivity index (χ4n) is 8.99. The Morgan fingerprint density at radius 3 is 1.25 bits per heavy atom. The van der Waals surface area contributed by atoms with Crippen LogP contribution in [0.2, 0.25) is 0 Å². The summed E-state index contributed by atoms with van der Waals surface area (Å²) in [5, 5.41) is 3.01. The SMILES string of the molecule is CC/C=C\C/C=C\C/C=C\C/C=C\C/C=C\CCCCCC(=O)NC(COP(=O)([O-])OCC[N+](C)(C)C)C(/C=C/CCCCCCCCCCCCC)OC(=O)CCCCCCCCCCCCC/C=C\C/C=C\CCCCC. The van der Waals surface area contributed by atoms with E-state index in [0.29, 0.717) is 17.4 Å². The number of hydrogen-bond acceptors (Lipinski definition) is 7. The molecule has 3 atom stereocenters. The van der Waals surface area contributed by atoms with Crippen LogP contribution in [0.4, 0.5) is 0 Å². The average molecular weight is 1120 g/mol. The van der Waals surface area contributed by atoms with Gasteiger partial charge in [-0.25, -0.2) is 0 Å². The quantitative estimate of drug-likeness (QED) is 0.0212. The monoisotopic (exact) mass is 1120 g/mol. The number of amides is 1. The summed E-state index contributed by atoms with van der Waals surface area (Å²) < 4.78 is 30.4. The second-order valence-corrected chi connectivity index (χ2v) is 24.3. The first-order valence-electron chi connectivity index (χ1n) is 32.5. The van der Waals surface area contributed by atoms with Gasteiger partial charge in [0, 0.05) is 12.8 Å². The van der Waals surface area contributed by atoms with Crippen molar-refractivity contribution in [1.82, 2.24) is 5.32 Å². The van der Waals surface area contributed by atoms with Crippen LogP contribution < -0.4 is 10.2 Å². The van der Waals surface area contributed by atoms with Gasteiger partial charge in [-0.3, -0.25) is 14.2 Å². The number of rotatable bonds is 58. The highest BCUT2D eigenvalue weighted by molar-refractivity contribution is 7.45. The highest BCUT2D eigenvalue weighted by Gasteiger charge is 2.27. The van der Waals surface area contributed by atoms with Gasteiger partial charge in [0.05, 0.1) is 33.8 Å². The zero-order chi connectivity index (χ0) is 57.9. The number of phosphoric acid groups is 1. The van der Waals surface area contributed by atoms with Crippen molar-refractivity contribution in [3.8, 4) is 0 Å². The van der Waals surface area contributed by atoms with Crippen LogP contribution in [-0.4, -0.2) is 69.4 Å². The van der Waals surface area contributed by atoms with Crippen molar-refractivity contribution in [1.29, 1.82) is 0 Å². The van der Waals surface area contributed by atoms with Crippen LogP contribution in [0.3, 0.4) is 0 Å². The van der Waals surface area contributed by atoms with E-state index < -0.39 is 26.6 Å². The summed E-state index contributed by atoms with van der Waals surface area (Å²) in [6, 6.07) is -0.912. The van der Waals surface area contributed by atoms with Crippen LogP contribution >= 0.6 is 7.82 Å². The van der Waals surface area contributed by atoms with E-state index in [2.05, 4.69) is 111 Å². The number of nitrogens with zero attached hydrogens (tertiary/aromatic N) is 1. The predicted octanol–water partition coefficient (Wildman–Crippen LogP) is 19.7. The number of carbonyl (C=O) groups is 2. The number of esters is 1. The molecule has 456 valence electrons. The second-order valence-electron chi connectivity index (χ2n) is 22.9. The highest BCUT2D eigenvalue weighted by atomic mass is 31.2. The van der Waals surface area contributed by atoms with Crippen molar-refractivity contribution in [3.63, 3.8) is 0 Å². The standard InChI is InChI=1S/C69H123N2O7P/c1-7-10-13-16-19-22-25-28-30-32-34-35-37-39-41-44-47-50-53-56-59-62-69(73)78-67(60-57-54-51-48-45-42-27-24-21-18-15-12-9-3)66(65-77-79(74,75)76-64-63-71(4,5)6)70-68(72)61-58-55-52-49-46-43-40-38-36-33-31-29-26-23-20-17-14-11-8-2/h11,14,19-20,22-23,28-31,36,38,43,46,57,60,66-67H,7-10,12-13,15-18,21,24-27,32-35,37,39-42,44-45,47-56,58-59,61-65H2,1-6H3,(H-,70,72,74,75)/b14-11-,22-19-,23-20-,30-28-,31-29-,38-36-,46-43-,60-57+. The normalized spacial score (nSPS) is 14.3. The number of ether oxygens (including phenoxy) is 1. The Morgan fingerprint density at radius 2 is 0.810 bits per heavy atom. The predicted molar refractivity (Wildman–Crippen MR) is 339 cm³/mol. The van der Waals surface area contributed by atoms with Crippen LogP contribution in [0.1, 0.15) is 278 Å². The molecule has 0 aliphatic rings. The Labute approximate surface area is 488 Å². The van der Waals surface area contributed by atoms with Gasteiger partial charge in [-0.05, 0) is 109 Å². The Hall–Kier alpha value is -3.07. The number of carbonyl (C=O) groups excluding carboxylic acids is 2.